The molecule has 0 amide bonds. The number of fused-ring (bicyclic) bond motifs is 2. The first-order valence-electron chi connectivity index (χ1n) is 5.37. The van der Waals surface area contributed by atoms with E-state index in [1.165, 1.54) is 0 Å². The van der Waals surface area contributed by atoms with Crippen LogP contribution in [-0.4, -0.2) is 19.0 Å². The highest BCUT2D eigenvalue weighted by Gasteiger charge is 2.31. The first kappa shape index (κ1) is 10.0. The van der Waals surface area contributed by atoms with E-state index in [2.05, 4.69) is 12.6 Å². The molecule has 3 nitrogen and oxygen atoms in total. The van der Waals surface area contributed by atoms with E-state index in [9.17, 15) is 4.79 Å². The quantitative estimate of drug-likeness (QED) is 0.598. The summed E-state index contributed by atoms with van der Waals surface area (Å²) in [6.07, 6.45) is 1.58. The lowest BCUT2D eigenvalue weighted by molar-refractivity contribution is 0.101. The lowest BCUT2D eigenvalue weighted by Gasteiger charge is -2.12. The third-order valence-electron chi connectivity index (χ3n) is 3.13. The normalized spacial score (nSPS) is 16.4. The third kappa shape index (κ3) is 1.19. The fraction of sp³-hybridized carbons (Fsp3) is 0.417. The molecule has 84 valence electrons. The Balaban J connectivity index is 2.36. The van der Waals surface area contributed by atoms with E-state index in [1.807, 2.05) is 0 Å². The second-order valence-corrected chi connectivity index (χ2v) is 4.54. The van der Waals surface area contributed by atoms with Crippen LogP contribution in [0.5, 0.6) is 11.5 Å². The zero-order valence-electron chi connectivity index (χ0n) is 9.00. The van der Waals surface area contributed by atoms with Crippen molar-refractivity contribution in [3.8, 4) is 11.5 Å². The molecule has 0 N–H and O–H groups in total. The van der Waals surface area contributed by atoms with Crippen molar-refractivity contribution in [2.24, 2.45) is 0 Å². The maximum Gasteiger partial charge on any atom is 0.163 e. The molecule has 2 aliphatic heterocycles. The smallest absolute Gasteiger partial charge is 0.163 e. The summed E-state index contributed by atoms with van der Waals surface area (Å²) >= 11 is 4.49. The first-order valence-corrected chi connectivity index (χ1v) is 5.82. The highest BCUT2D eigenvalue weighted by atomic mass is 32.1. The molecule has 2 aliphatic rings. The van der Waals surface area contributed by atoms with Crippen LogP contribution in [0.1, 0.15) is 28.4 Å². The van der Waals surface area contributed by atoms with Crippen LogP contribution in [0.25, 0.3) is 0 Å². The van der Waals surface area contributed by atoms with Gasteiger partial charge in [-0.3, -0.25) is 4.79 Å². The summed E-state index contributed by atoms with van der Waals surface area (Å²) in [6.45, 7) is 2.84. The molecule has 4 heteroatoms. The molecule has 0 aromatic heterocycles. The number of rotatable bonds is 1. The molecule has 0 bridgehead atoms. The van der Waals surface area contributed by atoms with E-state index in [-0.39, 0.29) is 5.78 Å². The Morgan fingerprint density at radius 2 is 1.75 bits per heavy atom. The van der Waals surface area contributed by atoms with Crippen LogP contribution < -0.4 is 9.47 Å². The predicted molar refractivity (Wildman–Crippen MR) is 62.1 cm³/mol. The van der Waals surface area contributed by atoms with Crippen molar-refractivity contribution < 1.29 is 14.3 Å². The lowest BCUT2D eigenvalue weighted by Crippen LogP contribution is -2.02. The fourth-order valence-corrected chi connectivity index (χ4v) is 2.87. The Morgan fingerprint density at radius 3 is 2.44 bits per heavy atom. The molecule has 1 aromatic rings. The maximum absolute atomic E-state index is 11.7. The van der Waals surface area contributed by atoms with Gasteiger partial charge in [-0.05, 0) is 6.92 Å². The van der Waals surface area contributed by atoms with Crippen LogP contribution in [0.15, 0.2) is 4.90 Å². The third-order valence-corrected chi connectivity index (χ3v) is 3.60. The number of hydrogen-bond acceptors (Lipinski definition) is 4. The fourth-order valence-electron chi connectivity index (χ4n) is 2.46. The minimum absolute atomic E-state index is 0.0493. The highest BCUT2D eigenvalue weighted by molar-refractivity contribution is 7.80. The van der Waals surface area contributed by atoms with Crippen molar-refractivity contribution in [3.05, 3.63) is 16.7 Å². The topological polar surface area (TPSA) is 35.5 Å². The summed E-state index contributed by atoms with van der Waals surface area (Å²) in [6, 6.07) is 0. The van der Waals surface area contributed by atoms with Gasteiger partial charge in [0, 0.05) is 24.0 Å². The van der Waals surface area contributed by atoms with Gasteiger partial charge in [-0.1, -0.05) is 0 Å². The zero-order chi connectivity index (χ0) is 11.3. The monoisotopic (exact) mass is 236 g/mol. The number of ketones is 1. The van der Waals surface area contributed by atoms with Crippen LogP contribution in [0.2, 0.25) is 0 Å². The van der Waals surface area contributed by atoms with Crippen LogP contribution in [-0.2, 0) is 12.8 Å². The lowest BCUT2D eigenvalue weighted by atomic mass is 9.97. The van der Waals surface area contributed by atoms with E-state index < -0.39 is 0 Å². The number of hydrogen-bond donors (Lipinski definition) is 1. The first-order chi connectivity index (χ1) is 7.70. The van der Waals surface area contributed by atoms with E-state index in [4.69, 9.17) is 9.47 Å². The summed E-state index contributed by atoms with van der Waals surface area (Å²) in [5, 5.41) is 0. The van der Waals surface area contributed by atoms with Crippen molar-refractivity contribution in [3.63, 3.8) is 0 Å². The molecule has 0 spiro atoms. The average molecular weight is 236 g/mol. The van der Waals surface area contributed by atoms with Crippen LogP contribution >= 0.6 is 12.6 Å². The van der Waals surface area contributed by atoms with Gasteiger partial charge in [-0.2, -0.15) is 0 Å². The second-order valence-electron chi connectivity index (χ2n) is 4.09. The summed E-state index contributed by atoms with van der Waals surface area (Å²) in [5.74, 6) is 1.58. The Morgan fingerprint density at radius 1 is 1.12 bits per heavy atom. The van der Waals surface area contributed by atoms with Gasteiger partial charge < -0.3 is 9.47 Å². The number of carbonyl (C=O) groups is 1. The summed E-state index contributed by atoms with van der Waals surface area (Å²) < 4.78 is 11.1. The molecule has 16 heavy (non-hydrogen) atoms. The van der Waals surface area contributed by atoms with Gasteiger partial charge in [0.15, 0.2) is 5.78 Å². The van der Waals surface area contributed by atoms with Gasteiger partial charge in [0.2, 0.25) is 0 Å². The minimum Gasteiger partial charge on any atom is -0.492 e. The van der Waals surface area contributed by atoms with Crippen molar-refractivity contribution in [1.82, 2.24) is 0 Å². The molecule has 0 fully saturated rings. The molecule has 0 saturated carbocycles. The number of benzene rings is 1. The van der Waals surface area contributed by atoms with Gasteiger partial charge in [-0.25, -0.2) is 0 Å². The second kappa shape index (κ2) is 3.42. The summed E-state index contributed by atoms with van der Waals surface area (Å²) in [4.78, 5) is 12.6. The standard InChI is InChI=1S/C12H12O3S/c1-6(13)9-7-2-4-15-11(7)12(16)8-3-5-14-10(8)9/h16H,2-5H2,1H3. The number of thiol groups is 1. The number of ether oxygens (including phenoxy) is 2. The average Bonchev–Trinajstić information content (AvgIpc) is 2.84. The number of Topliss-reactive ketones (excluding diaryl/α,β-unsaturated/α-hetero) is 1. The molecule has 0 atom stereocenters. The van der Waals surface area contributed by atoms with Gasteiger partial charge in [-0.15, -0.1) is 12.6 Å². The van der Waals surface area contributed by atoms with Crippen molar-refractivity contribution in [1.29, 1.82) is 0 Å². The summed E-state index contributed by atoms with van der Waals surface area (Å²) in [7, 11) is 0. The van der Waals surface area contributed by atoms with E-state index in [0.29, 0.717) is 18.8 Å². The van der Waals surface area contributed by atoms with Crippen LogP contribution in [0.3, 0.4) is 0 Å². The molecule has 1 aromatic carbocycles. The number of carbonyl (C=O) groups excluding carboxylic acids is 1. The largest absolute Gasteiger partial charge is 0.492 e. The molecule has 0 saturated heterocycles. The Bertz CT molecular complexity index is 459. The Labute approximate surface area is 99.2 Å². The Hall–Kier alpha value is -1.16. The maximum atomic E-state index is 11.7. The van der Waals surface area contributed by atoms with Gasteiger partial charge in [0.25, 0.3) is 0 Å². The summed E-state index contributed by atoms with van der Waals surface area (Å²) in [5.41, 5.74) is 2.70. The molecule has 0 radical (unpaired) electrons. The Kier molecular flexibility index (Phi) is 2.14. The van der Waals surface area contributed by atoms with E-state index in [1.54, 1.807) is 6.92 Å². The molecule has 2 heterocycles. The molecular weight excluding hydrogens is 224 g/mol. The molecule has 0 unspecified atom stereocenters. The molecule has 0 aliphatic carbocycles. The van der Waals surface area contributed by atoms with Gasteiger partial charge in [0.1, 0.15) is 11.5 Å². The highest BCUT2D eigenvalue weighted by Crippen LogP contribution is 2.46. The van der Waals surface area contributed by atoms with Gasteiger partial charge >= 0.3 is 0 Å². The van der Waals surface area contributed by atoms with E-state index in [0.717, 1.165) is 40.4 Å². The minimum atomic E-state index is 0.0493. The van der Waals surface area contributed by atoms with Crippen molar-refractivity contribution in [2.75, 3.05) is 13.2 Å². The van der Waals surface area contributed by atoms with Crippen LogP contribution in [0.4, 0.5) is 0 Å². The molecular formula is C12H12O3S. The SMILES string of the molecule is CC(=O)c1c2c(c(S)c3c1OCC3)OCC2. The van der Waals surface area contributed by atoms with Crippen LogP contribution in [0, 0.1) is 0 Å². The molecule has 3 rings (SSSR count). The van der Waals surface area contributed by atoms with Crippen molar-refractivity contribution in [2.45, 2.75) is 24.7 Å². The van der Waals surface area contributed by atoms with Gasteiger partial charge in [0.05, 0.1) is 23.7 Å². The van der Waals surface area contributed by atoms with Crippen molar-refractivity contribution >= 4 is 18.4 Å². The van der Waals surface area contributed by atoms with E-state index >= 15 is 0 Å². The predicted octanol–water partition coefficient (Wildman–Crippen LogP) is 2.05. The zero-order valence-corrected chi connectivity index (χ0v) is 9.89.